The first kappa shape index (κ1) is 16.8. The average molecular weight is 335 g/mol. The molecule has 0 radical (unpaired) electrons. The Morgan fingerprint density at radius 1 is 1.21 bits per heavy atom. The minimum Gasteiger partial charge on any atom is -0.390 e. The van der Waals surface area contributed by atoms with Gasteiger partial charge in [0, 0.05) is 26.1 Å². The average Bonchev–Trinajstić information content (AvgIpc) is 2.50. The molecule has 0 spiro atoms. The van der Waals surface area contributed by atoms with Gasteiger partial charge >= 0.3 is 0 Å². The number of amides is 1. The molecule has 0 aromatic heterocycles. The zero-order chi connectivity index (χ0) is 16.8. The van der Waals surface area contributed by atoms with Crippen molar-refractivity contribution < 1.29 is 14.6 Å². The van der Waals surface area contributed by atoms with E-state index in [4.69, 9.17) is 4.74 Å². The van der Waals surface area contributed by atoms with Gasteiger partial charge in [-0.2, -0.15) is 0 Å². The lowest BCUT2D eigenvalue weighted by molar-refractivity contribution is -0.172. The molecule has 5 fully saturated rings. The Kier molecular flexibility index (Phi) is 4.41. The lowest BCUT2D eigenvalue weighted by atomic mass is 9.47. The summed E-state index contributed by atoms with van der Waals surface area (Å²) in [5.74, 6) is 1.60. The molecule has 1 saturated heterocycles. The fourth-order valence-corrected chi connectivity index (χ4v) is 6.65. The SMILES string of the molecule is CCN(CC1CCCCO1)C(=O)CC12CC3CC(CC(O)(C3)C1)C2. The number of nitrogens with zero attached hydrogens (tertiary/aromatic N) is 1. The van der Waals surface area contributed by atoms with Crippen molar-refractivity contribution in [3.8, 4) is 0 Å². The lowest BCUT2D eigenvalue weighted by Gasteiger charge is -2.60. The van der Waals surface area contributed by atoms with Crippen LogP contribution in [-0.4, -0.2) is 47.3 Å². The minimum atomic E-state index is -0.464. The first-order valence-corrected chi connectivity index (χ1v) is 10.1. The Bertz CT molecular complexity index is 471. The number of carbonyl (C=O) groups is 1. The van der Waals surface area contributed by atoms with E-state index in [1.807, 2.05) is 4.90 Å². The van der Waals surface area contributed by atoms with E-state index in [2.05, 4.69) is 6.92 Å². The van der Waals surface area contributed by atoms with Crippen molar-refractivity contribution in [3.05, 3.63) is 0 Å². The monoisotopic (exact) mass is 335 g/mol. The third-order valence-corrected chi connectivity index (χ3v) is 7.11. The zero-order valence-corrected chi connectivity index (χ0v) is 15.1. The van der Waals surface area contributed by atoms with Crippen LogP contribution in [0.4, 0.5) is 0 Å². The number of carbonyl (C=O) groups excluding carboxylic acids is 1. The summed E-state index contributed by atoms with van der Waals surface area (Å²) >= 11 is 0. The molecule has 1 heterocycles. The van der Waals surface area contributed by atoms with E-state index < -0.39 is 5.60 Å². The number of hydrogen-bond donors (Lipinski definition) is 1. The van der Waals surface area contributed by atoms with Gasteiger partial charge in [0.15, 0.2) is 0 Å². The number of rotatable bonds is 5. The van der Waals surface area contributed by atoms with Gasteiger partial charge in [0.05, 0.1) is 11.7 Å². The van der Waals surface area contributed by atoms with E-state index in [1.165, 1.54) is 12.8 Å². The van der Waals surface area contributed by atoms with Crippen LogP contribution in [0.3, 0.4) is 0 Å². The van der Waals surface area contributed by atoms with Crippen molar-refractivity contribution in [2.45, 2.75) is 82.8 Å². The summed E-state index contributed by atoms with van der Waals surface area (Å²) < 4.78 is 5.84. The Labute approximate surface area is 145 Å². The molecule has 1 amide bonds. The molecule has 3 atom stereocenters. The van der Waals surface area contributed by atoms with Crippen molar-refractivity contribution in [2.24, 2.45) is 17.3 Å². The second-order valence-electron chi connectivity index (χ2n) is 9.28. The van der Waals surface area contributed by atoms with Gasteiger partial charge in [0.1, 0.15) is 0 Å². The van der Waals surface area contributed by atoms with Crippen LogP contribution in [-0.2, 0) is 9.53 Å². The fourth-order valence-electron chi connectivity index (χ4n) is 6.65. The lowest BCUT2D eigenvalue weighted by Crippen LogP contribution is -2.56. The van der Waals surface area contributed by atoms with E-state index in [9.17, 15) is 9.90 Å². The van der Waals surface area contributed by atoms with Crippen LogP contribution in [0.25, 0.3) is 0 Å². The van der Waals surface area contributed by atoms with Crippen molar-refractivity contribution in [1.29, 1.82) is 0 Å². The molecule has 4 bridgehead atoms. The number of ether oxygens (including phenoxy) is 1. The van der Waals surface area contributed by atoms with Gasteiger partial charge in [0.25, 0.3) is 0 Å². The standard InChI is InChI=1S/C20H33NO3/c1-2-21(13-17-5-3-4-6-24-17)18(22)12-19-8-15-7-16(9-19)11-20(23,10-15)14-19/h15-17,23H,2-14H2,1H3. The molecular formula is C20H33NO3. The van der Waals surface area contributed by atoms with Crippen molar-refractivity contribution in [1.82, 2.24) is 4.90 Å². The Morgan fingerprint density at radius 3 is 2.54 bits per heavy atom. The molecule has 136 valence electrons. The van der Waals surface area contributed by atoms with Crippen LogP contribution in [0.2, 0.25) is 0 Å². The van der Waals surface area contributed by atoms with E-state index in [0.717, 1.165) is 64.6 Å². The summed E-state index contributed by atoms with van der Waals surface area (Å²) in [4.78, 5) is 15.0. The first-order chi connectivity index (χ1) is 11.5. The smallest absolute Gasteiger partial charge is 0.223 e. The van der Waals surface area contributed by atoms with Crippen LogP contribution >= 0.6 is 0 Å². The summed E-state index contributed by atoms with van der Waals surface area (Å²) in [5.41, 5.74) is -0.384. The van der Waals surface area contributed by atoms with Crippen molar-refractivity contribution >= 4 is 5.91 Å². The molecule has 4 nitrogen and oxygen atoms in total. The molecule has 0 aromatic rings. The highest BCUT2D eigenvalue weighted by Crippen LogP contribution is 2.62. The Morgan fingerprint density at radius 2 is 1.96 bits per heavy atom. The second-order valence-corrected chi connectivity index (χ2v) is 9.28. The molecule has 5 aliphatic rings. The topological polar surface area (TPSA) is 49.8 Å². The molecule has 1 aliphatic heterocycles. The molecule has 4 aliphatic carbocycles. The molecule has 3 unspecified atom stereocenters. The highest BCUT2D eigenvalue weighted by Gasteiger charge is 2.57. The van der Waals surface area contributed by atoms with Gasteiger partial charge in [-0.05, 0) is 82.0 Å². The molecule has 4 heteroatoms. The normalized spacial score (nSPS) is 43.8. The predicted octanol–water partition coefficient (Wildman–Crippen LogP) is 3.13. The van der Waals surface area contributed by atoms with E-state index in [-0.39, 0.29) is 17.4 Å². The van der Waals surface area contributed by atoms with E-state index >= 15 is 0 Å². The molecule has 0 aromatic carbocycles. The molecule has 24 heavy (non-hydrogen) atoms. The van der Waals surface area contributed by atoms with Crippen LogP contribution in [0.1, 0.15) is 71.1 Å². The van der Waals surface area contributed by atoms with Crippen LogP contribution in [0.15, 0.2) is 0 Å². The van der Waals surface area contributed by atoms with Crippen LogP contribution in [0.5, 0.6) is 0 Å². The summed E-state index contributed by atoms with van der Waals surface area (Å²) in [6.07, 6.45) is 10.7. The van der Waals surface area contributed by atoms with E-state index in [1.54, 1.807) is 0 Å². The highest BCUT2D eigenvalue weighted by molar-refractivity contribution is 5.77. The number of likely N-dealkylation sites (N-methyl/N-ethyl adjacent to an activating group) is 1. The van der Waals surface area contributed by atoms with Crippen LogP contribution < -0.4 is 0 Å². The summed E-state index contributed by atoms with van der Waals surface area (Å²) in [5, 5.41) is 10.9. The Hall–Kier alpha value is -0.610. The van der Waals surface area contributed by atoms with Gasteiger partial charge in [-0.15, -0.1) is 0 Å². The summed E-state index contributed by atoms with van der Waals surface area (Å²) in [6, 6.07) is 0. The fraction of sp³-hybridized carbons (Fsp3) is 0.950. The first-order valence-electron chi connectivity index (χ1n) is 10.1. The Balaban J connectivity index is 1.41. The van der Waals surface area contributed by atoms with Gasteiger partial charge in [-0.1, -0.05) is 0 Å². The van der Waals surface area contributed by atoms with Gasteiger partial charge in [0.2, 0.25) is 5.91 Å². The highest BCUT2D eigenvalue weighted by atomic mass is 16.5. The maximum Gasteiger partial charge on any atom is 0.223 e. The van der Waals surface area contributed by atoms with Crippen molar-refractivity contribution in [3.63, 3.8) is 0 Å². The third-order valence-electron chi connectivity index (χ3n) is 7.11. The molecule has 4 saturated carbocycles. The molecule has 5 rings (SSSR count). The molecule has 1 N–H and O–H groups in total. The quantitative estimate of drug-likeness (QED) is 0.840. The van der Waals surface area contributed by atoms with Gasteiger partial charge in [-0.3, -0.25) is 4.79 Å². The largest absolute Gasteiger partial charge is 0.390 e. The second kappa shape index (κ2) is 6.28. The maximum atomic E-state index is 13.0. The van der Waals surface area contributed by atoms with Crippen LogP contribution in [0, 0.1) is 17.3 Å². The number of hydrogen-bond acceptors (Lipinski definition) is 3. The van der Waals surface area contributed by atoms with Gasteiger partial charge < -0.3 is 14.7 Å². The summed E-state index contributed by atoms with van der Waals surface area (Å²) in [7, 11) is 0. The van der Waals surface area contributed by atoms with E-state index in [0.29, 0.717) is 18.3 Å². The minimum absolute atomic E-state index is 0.0801. The third kappa shape index (κ3) is 3.24. The van der Waals surface area contributed by atoms with Gasteiger partial charge in [-0.25, -0.2) is 0 Å². The zero-order valence-electron chi connectivity index (χ0n) is 15.1. The van der Waals surface area contributed by atoms with Crippen molar-refractivity contribution in [2.75, 3.05) is 19.7 Å². The predicted molar refractivity (Wildman–Crippen MR) is 92.5 cm³/mol. The molecular weight excluding hydrogens is 302 g/mol. The summed E-state index contributed by atoms with van der Waals surface area (Å²) in [6.45, 7) is 4.44. The number of aliphatic hydroxyl groups is 1. The maximum absolute atomic E-state index is 13.0.